The quantitative estimate of drug-likeness (QED) is 0.655. The standard InChI is InChI=1S/C15H14ClNS2/c16-13-8-11(17)5-6-15(13)18-9-12-7-10-3-1-2-4-14(10)19-12/h1-6,8,12H,7,9,17H2. The van der Waals surface area contributed by atoms with Gasteiger partial charge in [-0.15, -0.1) is 23.5 Å². The van der Waals surface area contributed by atoms with Gasteiger partial charge in [0, 0.05) is 26.5 Å². The highest BCUT2D eigenvalue weighted by Gasteiger charge is 2.21. The molecule has 2 aromatic carbocycles. The van der Waals surface area contributed by atoms with E-state index in [0.29, 0.717) is 5.25 Å². The van der Waals surface area contributed by atoms with Crippen molar-refractivity contribution < 1.29 is 0 Å². The third-order valence-electron chi connectivity index (χ3n) is 3.09. The largest absolute Gasteiger partial charge is 0.399 e. The van der Waals surface area contributed by atoms with Crippen molar-refractivity contribution >= 4 is 40.8 Å². The van der Waals surface area contributed by atoms with Crippen molar-refractivity contribution in [1.29, 1.82) is 0 Å². The third kappa shape index (κ3) is 3.04. The average Bonchev–Trinajstić information content (AvgIpc) is 2.80. The van der Waals surface area contributed by atoms with Gasteiger partial charge in [0.05, 0.1) is 5.02 Å². The summed E-state index contributed by atoms with van der Waals surface area (Å²) in [5.74, 6) is 1.07. The number of benzene rings is 2. The summed E-state index contributed by atoms with van der Waals surface area (Å²) in [7, 11) is 0. The average molecular weight is 308 g/mol. The second-order valence-electron chi connectivity index (χ2n) is 4.55. The van der Waals surface area contributed by atoms with Gasteiger partial charge in [-0.2, -0.15) is 0 Å². The number of fused-ring (bicyclic) bond motifs is 1. The van der Waals surface area contributed by atoms with Gasteiger partial charge in [0.1, 0.15) is 0 Å². The highest BCUT2D eigenvalue weighted by molar-refractivity contribution is 8.03. The van der Waals surface area contributed by atoms with Crippen LogP contribution in [-0.2, 0) is 6.42 Å². The van der Waals surface area contributed by atoms with Crippen molar-refractivity contribution in [3.8, 4) is 0 Å². The van der Waals surface area contributed by atoms with Gasteiger partial charge in [-0.05, 0) is 36.2 Å². The first-order chi connectivity index (χ1) is 9.22. The minimum Gasteiger partial charge on any atom is -0.399 e. The van der Waals surface area contributed by atoms with Gasteiger partial charge in [-0.25, -0.2) is 0 Å². The van der Waals surface area contributed by atoms with E-state index in [1.807, 2.05) is 41.7 Å². The second kappa shape index (κ2) is 5.70. The number of rotatable bonds is 3. The van der Waals surface area contributed by atoms with Crippen LogP contribution in [0.15, 0.2) is 52.3 Å². The van der Waals surface area contributed by atoms with Crippen LogP contribution in [-0.4, -0.2) is 11.0 Å². The molecule has 0 saturated carbocycles. The fourth-order valence-electron chi connectivity index (χ4n) is 2.16. The smallest absolute Gasteiger partial charge is 0.0562 e. The van der Waals surface area contributed by atoms with Gasteiger partial charge in [0.25, 0.3) is 0 Å². The molecule has 0 fully saturated rings. The molecule has 0 bridgehead atoms. The molecular weight excluding hydrogens is 294 g/mol. The van der Waals surface area contributed by atoms with E-state index >= 15 is 0 Å². The fraction of sp³-hybridized carbons (Fsp3) is 0.200. The summed E-state index contributed by atoms with van der Waals surface area (Å²) in [5, 5.41) is 1.39. The predicted molar refractivity (Wildman–Crippen MR) is 86.4 cm³/mol. The van der Waals surface area contributed by atoms with E-state index in [4.69, 9.17) is 17.3 Å². The molecular formula is C15H14ClNS2. The highest BCUT2D eigenvalue weighted by Crippen LogP contribution is 2.40. The maximum Gasteiger partial charge on any atom is 0.0562 e. The van der Waals surface area contributed by atoms with Crippen molar-refractivity contribution in [3.63, 3.8) is 0 Å². The Balaban J connectivity index is 1.63. The van der Waals surface area contributed by atoms with E-state index in [9.17, 15) is 0 Å². The molecule has 2 N–H and O–H groups in total. The SMILES string of the molecule is Nc1ccc(SCC2Cc3ccccc3S2)c(Cl)c1. The maximum atomic E-state index is 6.20. The lowest BCUT2D eigenvalue weighted by atomic mass is 10.1. The van der Waals surface area contributed by atoms with Crippen LogP contribution in [0.25, 0.3) is 0 Å². The molecule has 1 atom stereocenters. The summed E-state index contributed by atoms with van der Waals surface area (Å²) in [6, 6.07) is 14.4. The van der Waals surface area contributed by atoms with Gasteiger partial charge in [0.15, 0.2) is 0 Å². The monoisotopic (exact) mass is 307 g/mol. The first-order valence-corrected chi connectivity index (χ1v) is 8.39. The molecule has 0 amide bonds. The van der Waals surface area contributed by atoms with Crippen LogP contribution >= 0.6 is 35.1 Å². The number of halogens is 1. The minimum absolute atomic E-state index is 0.635. The van der Waals surface area contributed by atoms with Gasteiger partial charge in [-0.1, -0.05) is 29.8 Å². The van der Waals surface area contributed by atoms with Crippen LogP contribution in [0.5, 0.6) is 0 Å². The molecule has 2 aromatic rings. The lowest BCUT2D eigenvalue weighted by molar-refractivity contribution is 0.970. The summed E-state index contributed by atoms with van der Waals surface area (Å²) in [4.78, 5) is 2.55. The topological polar surface area (TPSA) is 26.0 Å². The van der Waals surface area contributed by atoms with Crippen LogP contribution in [0.1, 0.15) is 5.56 Å². The van der Waals surface area contributed by atoms with Crippen molar-refractivity contribution in [2.75, 3.05) is 11.5 Å². The molecule has 0 aromatic heterocycles. The zero-order valence-electron chi connectivity index (χ0n) is 10.3. The van der Waals surface area contributed by atoms with Gasteiger partial charge < -0.3 is 5.73 Å². The van der Waals surface area contributed by atoms with Gasteiger partial charge in [0.2, 0.25) is 0 Å². The molecule has 4 heteroatoms. The molecule has 0 aliphatic carbocycles. The molecule has 19 heavy (non-hydrogen) atoms. The summed E-state index contributed by atoms with van der Waals surface area (Å²) in [6.45, 7) is 0. The number of hydrogen-bond acceptors (Lipinski definition) is 3. The summed E-state index contributed by atoms with van der Waals surface area (Å²) in [6.07, 6.45) is 1.15. The Kier molecular flexibility index (Phi) is 3.96. The first kappa shape index (κ1) is 13.2. The number of thioether (sulfide) groups is 2. The Morgan fingerprint density at radius 2 is 2.11 bits per heavy atom. The molecule has 0 spiro atoms. The molecule has 1 heterocycles. The molecule has 0 radical (unpaired) electrons. The van der Waals surface area contributed by atoms with Crippen molar-refractivity contribution in [1.82, 2.24) is 0 Å². The van der Waals surface area contributed by atoms with E-state index in [2.05, 4.69) is 24.3 Å². The third-order valence-corrected chi connectivity index (χ3v) is 6.29. The Bertz CT molecular complexity index is 575. The fourth-order valence-corrected chi connectivity index (χ4v) is 4.92. The normalized spacial score (nSPS) is 17.4. The van der Waals surface area contributed by atoms with Crippen LogP contribution in [0, 0.1) is 0 Å². The van der Waals surface area contributed by atoms with Gasteiger partial charge >= 0.3 is 0 Å². The Labute approximate surface area is 126 Å². The van der Waals surface area contributed by atoms with Crippen LogP contribution in [0.3, 0.4) is 0 Å². The van der Waals surface area contributed by atoms with Crippen molar-refractivity contribution in [2.45, 2.75) is 21.5 Å². The Morgan fingerprint density at radius 1 is 1.26 bits per heavy atom. The predicted octanol–water partition coefficient (Wildman–Crippen LogP) is 4.73. The summed E-state index contributed by atoms with van der Waals surface area (Å²) >= 11 is 9.99. The molecule has 1 unspecified atom stereocenters. The number of nitrogens with two attached hydrogens (primary N) is 1. The molecule has 1 aliphatic heterocycles. The molecule has 1 aliphatic rings. The second-order valence-corrected chi connectivity index (χ2v) is 7.36. The lowest BCUT2D eigenvalue weighted by Crippen LogP contribution is -2.04. The van der Waals surface area contributed by atoms with E-state index in [-0.39, 0.29) is 0 Å². The highest BCUT2D eigenvalue weighted by atomic mass is 35.5. The molecule has 98 valence electrons. The van der Waals surface area contributed by atoms with Crippen LogP contribution in [0.4, 0.5) is 5.69 Å². The van der Waals surface area contributed by atoms with E-state index in [1.54, 1.807) is 0 Å². The zero-order chi connectivity index (χ0) is 13.2. The van der Waals surface area contributed by atoms with Crippen LogP contribution < -0.4 is 5.73 Å². The number of hydrogen-bond donors (Lipinski definition) is 1. The summed E-state index contributed by atoms with van der Waals surface area (Å²) < 4.78 is 0. The van der Waals surface area contributed by atoms with E-state index < -0.39 is 0 Å². The van der Waals surface area contributed by atoms with Crippen molar-refractivity contribution in [2.24, 2.45) is 0 Å². The lowest BCUT2D eigenvalue weighted by Gasteiger charge is -2.09. The van der Waals surface area contributed by atoms with Gasteiger partial charge in [-0.3, -0.25) is 0 Å². The molecule has 3 rings (SSSR count). The maximum absolute atomic E-state index is 6.20. The number of anilines is 1. The van der Waals surface area contributed by atoms with E-state index in [0.717, 1.165) is 27.8 Å². The van der Waals surface area contributed by atoms with Crippen molar-refractivity contribution in [3.05, 3.63) is 53.1 Å². The Hall–Kier alpha value is -0.770. The minimum atomic E-state index is 0.635. The Morgan fingerprint density at radius 3 is 2.89 bits per heavy atom. The van der Waals surface area contributed by atoms with Crippen LogP contribution in [0.2, 0.25) is 5.02 Å². The molecule has 1 nitrogen and oxygen atoms in total. The first-order valence-electron chi connectivity index (χ1n) is 6.15. The number of nitrogen functional groups attached to an aromatic ring is 1. The zero-order valence-corrected chi connectivity index (χ0v) is 12.7. The summed E-state index contributed by atoms with van der Waals surface area (Å²) in [5.41, 5.74) is 7.90. The van der Waals surface area contributed by atoms with E-state index in [1.165, 1.54) is 10.5 Å². The molecule has 0 saturated heterocycles.